The summed E-state index contributed by atoms with van der Waals surface area (Å²) in [7, 11) is -3.33. The van der Waals surface area contributed by atoms with Gasteiger partial charge in [-0.2, -0.15) is 4.98 Å². The summed E-state index contributed by atoms with van der Waals surface area (Å²) in [5.74, 6) is -0.358. The fourth-order valence-corrected chi connectivity index (χ4v) is 2.86. The molecule has 0 unspecified atom stereocenters. The Bertz CT molecular complexity index is 888. The Morgan fingerprint density at radius 2 is 1.93 bits per heavy atom. The van der Waals surface area contributed by atoms with Crippen LogP contribution in [0.5, 0.6) is 0 Å². The van der Waals surface area contributed by atoms with Gasteiger partial charge in [-0.3, -0.25) is 0 Å². The number of ether oxygens (including phenoxy) is 1. The van der Waals surface area contributed by atoms with Gasteiger partial charge in [-0.1, -0.05) is 28.9 Å². The van der Waals surface area contributed by atoms with Gasteiger partial charge in [0.1, 0.15) is 5.75 Å². The molecule has 0 spiro atoms. The van der Waals surface area contributed by atoms with Gasteiger partial charge in [0.15, 0.2) is 15.9 Å². The summed E-state index contributed by atoms with van der Waals surface area (Å²) in [4.78, 5) is 16.3. The fourth-order valence-electron chi connectivity index (χ4n) is 2.17. The van der Waals surface area contributed by atoms with E-state index in [0.29, 0.717) is 5.02 Å². The van der Waals surface area contributed by atoms with Crippen molar-refractivity contribution < 1.29 is 22.5 Å². The second kappa shape index (κ2) is 8.26. The zero-order chi connectivity index (χ0) is 20.2. The number of carbonyl (C=O) groups is 1. The lowest BCUT2D eigenvalue weighted by Gasteiger charge is -2.22. The molecule has 0 saturated heterocycles. The number of rotatable bonds is 6. The minimum atomic E-state index is -3.33. The van der Waals surface area contributed by atoms with Crippen LogP contribution in [-0.2, 0) is 26.7 Å². The molecule has 0 radical (unpaired) electrons. The standard InChI is InChI=1S/C17H22ClN3O5S/c1-17(2,3)20-16(22)25-13(9-11-5-7-12(18)8-6-11)15-19-14(26-21-15)10-27(4,23)24/h5-8,13H,9-10H2,1-4H3,(H,20,22)/t13-/m0/s1. The average molecular weight is 416 g/mol. The molecule has 10 heteroatoms. The van der Waals surface area contributed by atoms with Crippen molar-refractivity contribution >= 4 is 27.5 Å². The first-order chi connectivity index (χ1) is 12.4. The molecule has 1 amide bonds. The highest BCUT2D eigenvalue weighted by molar-refractivity contribution is 7.89. The highest BCUT2D eigenvalue weighted by Crippen LogP contribution is 2.22. The predicted octanol–water partition coefficient (Wildman–Crippen LogP) is 3.08. The first-order valence-corrected chi connectivity index (χ1v) is 10.6. The minimum absolute atomic E-state index is 0.0616. The molecule has 0 fully saturated rings. The summed E-state index contributed by atoms with van der Waals surface area (Å²) in [5, 5.41) is 7.06. The minimum Gasteiger partial charge on any atom is -0.437 e. The van der Waals surface area contributed by atoms with Gasteiger partial charge in [0.05, 0.1) is 0 Å². The lowest BCUT2D eigenvalue weighted by Crippen LogP contribution is -2.41. The lowest BCUT2D eigenvalue weighted by atomic mass is 10.1. The van der Waals surface area contributed by atoms with Crippen LogP contribution in [0.3, 0.4) is 0 Å². The third-order valence-electron chi connectivity index (χ3n) is 3.22. The Balaban J connectivity index is 2.23. The number of aromatic nitrogens is 2. The van der Waals surface area contributed by atoms with E-state index in [0.717, 1.165) is 11.8 Å². The third kappa shape index (κ3) is 7.56. The Morgan fingerprint density at radius 1 is 1.30 bits per heavy atom. The molecule has 2 rings (SSSR count). The predicted molar refractivity (Wildman–Crippen MR) is 100 cm³/mol. The van der Waals surface area contributed by atoms with E-state index >= 15 is 0 Å². The second-order valence-corrected chi connectivity index (χ2v) is 9.79. The molecule has 0 bridgehead atoms. The molecule has 0 aliphatic carbocycles. The number of halogens is 1. The maximum atomic E-state index is 12.2. The Morgan fingerprint density at radius 3 is 2.48 bits per heavy atom. The molecular formula is C17H22ClN3O5S. The van der Waals surface area contributed by atoms with E-state index in [4.69, 9.17) is 20.9 Å². The van der Waals surface area contributed by atoms with Gasteiger partial charge in [0, 0.05) is 23.2 Å². The largest absolute Gasteiger partial charge is 0.437 e. The van der Waals surface area contributed by atoms with Gasteiger partial charge in [-0.05, 0) is 38.5 Å². The van der Waals surface area contributed by atoms with E-state index in [1.54, 1.807) is 24.3 Å². The molecule has 0 saturated carbocycles. The molecule has 1 atom stereocenters. The summed E-state index contributed by atoms with van der Waals surface area (Å²) in [6.45, 7) is 5.46. The Kier molecular flexibility index (Phi) is 6.48. The lowest BCUT2D eigenvalue weighted by molar-refractivity contribution is 0.0851. The zero-order valence-electron chi connectivity index (χ0n) is 15.5. The van der Waals surface area contributed by atoms with Crippen LogP contribution >= 0.6 is 11.6 Å². The number of hydrogen-bond donors (Lipinski definition) is 1. The average Bonchev–Trinajstić information content (AvgIpc) is 2.93. The van der Waals surface area contributed by atoms with Crippen LogP contribution in [0.1, 0.15) is 44.2 Å². The van der Waals surface area contributed by atoms with Crippen LogP contribution in [0.15, 0.2) is 28.8 Å². The van der Waals surface area contributed by atoms with Gasteiger partial charge < -0.3 is 14.6 Å². The van der Waals surface area contributed by atoms with E-state index in [9.17, 15) is 13.2 Å². The first kappa shape index (κ1) is 21.2. The van der Waals surface area contributed by atoms with Crippen molar-refractivity contribution in [1.29, 1.82) is 0 Å². The van der Waals surface area contributed by atoms with Gasteiger partial charge in [0.25, 0.3) is 0 Å². The maximum absolute atomic E-state index is 12.2. The highest BCUT2D eigenvalue weighted by atomic mass is 35.5. The van der Waals surface area contributed by atoms with E-state index in [1.165, 1.54) is 0 Å². The summed E-state index contributed by atoms with van der Waals surface area (Å²) >= 11 is 5.90. The number of alkyl carbamates (subject to hydrolysis) is 1. The number of sulfone groups is 1. The number of benzene rings is 1. The number of nitrogens with zero attached hydrogens (tertiary/aromatic N) is 2. The smallest absolute Gasteiger partial charge is 0.408 e. The topological polar surface area (TPSA) is 111 Å². The summed E-state index contributed by atoms with van der Waals surface area (Å²) in [6.07, 6.45) is -0.163. The van der Waals surface area contributed by atoms with Gasteiger partial charge in [-0.25, -0.2) is 13.2 Å². The quantitative estimate of drug-likeness (QED) is 0.771. The fraction of sp³-hybridized carbons (Fsp3) is 0.471. The normalized spacial score (nSPS) is 13.2. The van der Waals surface area contributed by atoms with Crippen molar-refractivity contribution in [3.8, 4) is 0 Å². The molecule has 1 heterocycles. The molecular weight excluding hydrogens is 394 g/mol. The van der Waals surface area contributed by atoms with Crippen LogP contribution in [0, 0.1) is 0 Å². The summed E-state index contributed by atoms with van der Waals surface area (Å²) in [5.41, 5.74) is 0.350. The summed E-state index contributed by atoms with van der Waals surface area (Å²) < 4.78 is 33.3. The molecule has 2 aromatic rings. The summed E-state index contributed by atoms with van der Waals surface area (Å²) in [6, 6.07) is 7.01. The number of hydrogen-bond acceptors (Lipinski definition) is 7. The zero-order valence-corrected chi connectivity index (χ0v) is 17.1. The van der Waals surface area contributed by atoms with E-state index in [2.05, 4.69) is 15.5 Å². The van der Waals surface area contributed by atoms with Crippen molar-refractivity contribution in [2.45, 2.75) is 44.6 Å². The monoisotopic (exact) mass is 415 g/mol. The second-order valence-electron chi connectivity index (χ2n) is 7.22. The Labute approximate surface area is 163 Å². The van der Waals surface area contributed by atoms with Crippen LogP contribution in [0.4, 0.5) is 4.79 Å². The number of amides is 1. The van der Waals surface area contributed by atoms with Crippen LogP contribution in [0.2, 0.25) is 5.02 Å². The SMILES string of the molecule is CC(C)(C)NC(=O)O[C@@H](Cc1ccc(Cl)cc1)c1noc(CS(C)(=O)=O)n1. The Hall–Kier alpha value is -2.13. The van der Waals surface area contributed by atoms with Crippen molar-refractivity contribution in [2.24, 2.45) is 0 Å². The highest BCUT2D eigenvalue weighted by Gasteiger charge is 2.26. The molecule has 0 aliphatic heterocycles. The number of carbonyl (C=O) groups excluding carboxylic acids is 1. The van der Waals surface area contributed by atoms with Crippen molar-refractivity contribution in [3.63, 3.8) is 0 Å². The maximum Gasteiger partial charge on any atom is 0.408 e. The van der Waals surface area contributed by atoms with Gasteiger partial charge >= 0.3 is 6.09 Å². The van der Waals surface area contributed by atoms with E-state index in [1.807, 2.05) is 20.8 Å². The van der Waals surface area contributed by atoms with Crippen LogP contribution < -0.4 is 5.32 Å². The van der Waals surface area contributed by atoms with Gasteiger partial charge in [-0.15, -0.1) is 0 Å². The van der Waals surface area contributed by atoms with Crippen molar-refractivity contribution in [1.82, 2.24) is 15.5 Å². The molecule has 1 aromatic heterocycles. The molecule has 148 valence electrons. The van der Waals surface area contributed by atoms with E-state index in [-0.39, 0.29) is 23.9 Å². The molecule has 0 aliphatic rings. The van der Waals surface area contributed by atoms with Crippen molar-refractivity contribution in [2.75, 3.05) is 6.26 Å². The molecule has 1 aromatic carbocycles. The molecule has 1 N–H and O–H groups in total. The van der Waals surface area contributed by atoms with Crippen LogP contribution in [0.25, 0.3) is 0 Å². The molecule has 27 heavy (non-hydrogen) atoms. The van der Waals surface area contributed by atoms with Crippen LogP contribution in [-0.4, -0.2) is 36.4 Å². The van der Waals surface area contributed by atoms with Gasteiger partial charge in [0.2, 0.25) is 11.7 Å². The third-order valence-corrected chi connectivity index (χ3v) is 4.24. The van der Waals surface area contributed by atoms with Crippen molar-refractivity contribution in [3.05, 3.63) is 46.6 Å². The first-order valence-electron chi connectivity index (χ1n) is 8.15. The number of nitrogens with one attached hydrogen (secondary N) is 1. The van der Waals surface area contributed by atoms with E-state index < -0.39 is 27.6 Å². The molecule has 8 nitrogen and oxygen atoms in total.